The number of rotatable bonds is 10. The van der Waals surface area contributed by atoms with E-state index in [0.29, 0.717) is 11.4 Å². The van der Waals surface area contributed by atoms with Crippen LogP contribution >= 0.6 is 34.9 Å². The Bertz CT molecular complexity index is 2000. The van der Waals surface area contributed by atoms with Crippen LogP contribution in [0.15, 0.2) is 119 Å². The first kappa shape index (κ1) is 31.0. The topological polar surface area (TPSA) is 117 Å². The van der Waals surface area contributed by atoms with Gasteiger partial charge < -0.3 is 15.1 Å². The molecule has 0 atom stereocenters. The lowest BCUT2D eigenvalue weighted by atomic mass is 10.1. The molecular formula is C35H26N4O4S3. The van der Waals surface area contributed by atoms with E-state index >= 15 is 0 Å². The molecule has 0 spiro atoms. The maximum Gasteiger partial charge on any atom is 0.335 e. The number of benzene rings is 2. The Balaban J connectivity index is 1.39. The van der Waals surface area contributed by atoms with Crippen molar-refractivity contribution >= 4 is 63.2 Å². The zero-order chi connectivity index (χ0) is 32.2. The molecular weight excluding hydrogens is 637 g/mol. The molecule has 0 radical (unpaired) electrons. The fourth-order valence-electron chi connectivity index (χ4n) is 4.81. The molecule has 0 aliphatic heterocycles. The molecule has 0 saturated heterocycles. The average molecular weight is 663 g/mol. The highest BCUT2D eigenvalue weighted by atomic mass is 32.2. The third-order valence-corrected chi connectivity index (χ3v) is 9.73. The Morgan fingerprint density at radius 3 is 1.70 bits per heavy atom. The first-order chi connectivity index (χ1) is 22.3. The van der Waals surface area contributed by atoms with E-state index in [0.717, 1.165) is 26.8 Å². The summed E-state index contributed by atoms with van der Waals surface area (Å²) in [6.45, 7) is 0. The fraction of sp³-hybridized carbons (Fsp3) is 0.0571. The minimum Gasteiger partial charge on any atom is -0.478 e. The Labute approximate surface area is 277 Å². The van der Waals surface area contributed by atoms with Gasteiger partial charge in [0.05, 0.1) is 33.9 Å². The molecule has 4 heterocycles. The predicted octanol–water partition coefficient (Wildman–Crippen LogP) is 9.24. The van der Waals surface area contributed by atoms with Crippen LogP contribution in [0.25, 0.3) is 33.2 Å². The Morgan fingerprint density at radius 2 is 1.15 bits per heavy atom. The first-order valence-electron chi connectivity index (χ1n) is 13.9. The van der Waals surface area contributed by atoms with Crippen LogP contribution in [0.3, 0.4) is 0 Å². The van der Waals surface area contributed by atoms with Gasteiger partial charge in [-0.3, -0.25) is 9.97 Å². The van der Waals surface area contributed by atoms with Crippen molar-refractivity contribution in [2.24, 2.45) is 0 Å². The smallest absolute Gasteiger partial charge is 0.335 e. The molecule has 0 fully saturated rings. The molecule has 2 N–H and O–H groups in total. The number of thiophene rings is 1. The average Bonchev–Trinajstić information content (AvgIpc) is 3.58. The predicted molar refractivity (Wildman–Crippen MR) is 186 cm³/mol. The summed E-state index contributed by atoms with van der Waals surface area (Å²) in [7, 11) is 0. The summed E-state index contributed by atoms with van der Waals surface area (Å²) in [5.41, 5.74) is 4.29. The number of aromatic carboxylic acids is 2. The molecule has 0 unspecified atom stereocenters. The lowest BCUT2D eigenvalue weighted by molar-refractivity contribution is 0.0686. The second-order valence-corrected chi connectivity index (χ2v) is 12.8. The number of thioether (sulfide) groups is 2. The van der Waals surface area contributed by atoms with E-state index in [2.05, 4.69) is 93.0 Å². The van der Waals surface area contributed by atoms with Crippen LogP contribution in [0.2, 0.25) is 0 Å². The van der Waals surface area contributed by atoms with Crippen LogP contribution < -0.4 is 4.90 Å². The van der Waals surface area contributed by atoms with Gasteiger partial charge >= 0.3 is 11.9 Å². The normalized spacial score (nSPS) is 10.9. The van der Waals surface area contributed by atoms with Crippen molar-refractivity contribution in [3.63, 3.8) is 0 Å². The first-order valence-corrected chi connectivity index (χ1v) is 17.2. The van der Waals surface area contributed by atoms with Gasteiger partial charge in [-0.1, -0.05) is 0 Å². The van der Waals surface area contributed by atoms with Crippen molar-refractivity contribution in [1.82, 2.24) is 15.0 Å². The number of hydrogen-bond donors (Lipinski definition) is 2. The highest BCUT2D eigenvalue weighted by Gasteiger charge is 2.18. The monoisotopic (exact) mass is 662 g/mol. The van der Waals surface area contributed by atoms with E-state index in [1.807, 2.05) is 12.1 Å². The molecule has 8 nitrogen and oxygen atoms in total. The van der Waals surface area contributed by atoms with Crippen LogP contribution in [0.5, 0.6) is 0 Å². The van der Waals surface area contributed by atoms with Gasteiger partial charge in [0.15, 0.2) is 0 Å². The minimum absolute atomic E-state index is 0.0104. The third-order valence-electron chi connectivity index (χ3n) is 7.12. The number of carbonyl (C=O) groups is 2. The number of hydrogen-bond acceptors (Lipinski definition) is 9. The molecule has 6 aromatic rings. The zero-order valence-electron chi connectivity index (χ0n) is 24.6. The van der Waals surface area contributed by atoms with Gasteiger partial charge in [0.1, 0.15) is 5.00 Å². The Kier molecular flexibility index (Phi) is 9.16. The standard InChI is InChI=1S/C35H26N4O4S3/c1-44-26-7-3-24(4-8-26)39(25-5-9-27(45-2)10-6-25)33-12-11-32(46-33)21-13-15-36-28(17-21)30-19-23(35(42)43)20-31(38-30)29-18-22(34(40)41)14-16-37-29/h3-20H,1-2H3,(H,40,41)(H,42,43). The quantitative estimate of drug-likeness (QED) is 0.138. The molecule has 46 heavy (non-hydrogen) atoms. The molecule has 0 aliphatic carbocycles. The van der Waals surface area contributed by atoms with Crippen LogP contribution in [0.4, 0.5) is 16.4 Å². The second-order valence-electron chi connectivity index (χ2n) is 9.97. The SMILES string of the molecule is CSc1ccc(N(c2ccc(SC)cc2)c2ccc(-c3ccnc(-c4cc(C(=O)O)cc(-c5cc(C(=O)O)ccn5)n4)c3)s2)cc1. The molecule has 4 aromatic heterocycles. The molecule has 228 valence electrons. The molecule has 0 saturated carbocycles. The lowest BCUT2D eigenvalue weighted by Gasteiger charge is -2.24. The van der Waals surface area contributed by atoms with Gasteiger partial charge in [-0.15, -0.1) is 34.9 Å². The number of carboxylic acid groups (broad SMARTS) is 2. The van der Waals surface area contributed by atoms with Crippen molar-refractivity contribution in [1.29, 1.82) is 0 Å². The molecule has 6 rings (SSSR count). The summed E-state index contributed by atoms with van der Waals surface area (Å²) >= 11 is 5.03. The highest BCUT2D eigenvalue weighted by molar-refractivity contribution is 7.98. The van der Waals surface area contributed by atoms with Gasteiger partial charge in [0.2, 0.25) is 0 Å². The van der Waals surface area contributed by atoms with Gasteiger partial charge in [-0.25, -0.2) is 14.6 Å². The maximum absolute atomic E-state index is 12.0. The highest BCUT2D eigenvalue weighted by Crippen LogP contribution is 2.42. The van der Waals surface area contributed by atoms with Crippen molar-refractivity contribution in [3.05, 3.63) is 121 Å². The number of anilines is 3. The van der Waals surface area contributed by atoms with E-state index in [1.165, 1.54) is 40.3 Å². The Hall–Kier alpha value is -4.97. The maximum atomic E-state index is 12.0. The molecule has 0 amide bonds. The number of aromatic nitrogens is 3. The van der Waals surface area contributed by atoms with Gasteiger partial charge in [-0.05, 0) is 115 Å². The largest absolute Gasteiger partial charge is 0.478 e. The van der Waals surface area contributed by atoms with Gasteiger partial charge in [-0.2, -0.15) is 0 Å². The molecule has 0 aliphatic rings. The fourth-order valence-corrected chi connectivity index (χ4v) is 6.67. The van der Waals surface area contributed by atoms with Gasteiger partial charge in [0, 0.05) is 38.4 Å². The Morgan fingerprint density at radius 1 is 0.630 bits per heavy atom. The summed E-state index contributed by atoms with van der Waals surface area (Å²) in [6.07, 6.45) is 7.15. The van der Waals surface area contributed by atoms with Crippen LogP contribution in [0.1, 0.15) is 20.7 Å². The van der Waals surface area contributed by atoms with E-state index < -0.39 is 11.9 Å². The lowest BCUT2D eigenvalue weighted by Crippen LogP contribution is -2.08. The second kappa shape index (κ2) is 13.6. The van der Waals surface area contributed by atoms with Crippen LogP contribution in [-0.4, -0.2) is 49.6 Å². The van der Waals surface area contributed by atoms with E-state index in [9.17, 15) is 19.8 Å². The van der Waals surface area contributed by atoms with Crippen molar-refractivity contribution in [2.45, 2.75) is 9.79 Å². The van der Waals surface area contributed by atoms with Crippen LogP contribution in [0, 0.1) is 0 Å². The zero-order valence-corrected chi connectivity index (χ0v) is 27.1. The van der Waals surface area contributed by atoms with Crippen molar-refractivity contribution in [3.8, 4) is 33.2 Å². The molecule has 11 heteroatoms. The summed E-state index contributed by atoms with van der Waals surface area (Å²) in [6, 6.07) is 30.5. The van der Waals surface area contributed by atoms with E-state index in [-0.39, 0.29) is 22.5 Å². The van der Waals surface area contributed by atoms with Crippen LogP contribution in [-0.2, 0) is 0 Å². The van der Waals surface area contributed by atoms with E-state index in [4.69, 9.17) is 0 Å². The minimum atomic E-state index is -1.14. The third kappa shape index (κ3) is 6.66. The summed E-state index contributed by atoms with van der Waals surface area (Å²) < 4.78 is 0. The van der Waals surface area contributed by atoms with Crippen molar-refractivity contribution < 1.29 is 19.8 Å². The summed E-state index contributed by atoms with van der Waals surface area (Å²) in [4.78, 5) is 42.5. The molecule has 0 bridgehead atoms. The van der Waals surface area contributed by atoms with Gasteiger partial charge in [0.25, 0.3) is 0 Å². The summed E-state index contributed by atoms with van der Waals surface area (Å²) in [5, 5.41) is 20.3. The van der Waals surface area contributed by atoms with E-state index in [1.54, 1.807) is 41.1 Å². The van der Waals surface area contributed by atoms with Crippen molar-refractivity contribution in [2.75, 3.05) is 17.4 Å². The number of nitrogens with zero attached hydrogens (tertiary/aromatic N) is 4. The summed E-state index contributed by atoms with van der Waals surface area (Å²) in [5.74, 6) is -2.26. The number of carboxylic acids is 2. The number of pyridine rings is 3. The molecule has 2 aromatic carbocycles.